The molecule has 5 heteroatoms. The first-order valence-corrected chi connectivity index (χ1v) is 9.91. The van der Waals surface area contributed by atoms with Gasteiger partial charge in [-0.25, -0.2) is 0 Å². The molecule has 1 N–H and O–H groups in total. The van der Waals surface area contributed by atoms with E-state index >= 15 is 0 Å². The SMILES string of the molecule is CN(CC1CCCC1)C1(c2cccc(O)c2)CCC2(CC1)OCCO2.Cl. The van der Waals surface area contributed by atoms with Crippen LogP contribution in [0.3, 0.4) is 0 Å². The lowest BCUT2D eigenvalue weighted by Gasteiger charge is -2.49. The molecule has 2 saturated carbocycles. The fourth-order valence-corrected chi connectivity index (χ4v) is 5.27. The quantitative estimate of drug-likeness (QED) is 0.836. The normalized spacial score (nSPS) is 24.8. The van der Waals surface area contributed by atoms with Gasteiger partial charge in [0.2, 0.25) is 0 Å². The number of hydrogen-bond acceptors (Lipinski definition) is 4. The van der Waals surface area contributed by atoms with Gasteiger partial charge < -0.3 is 14.6 Å². The third-order valence-corrected chi connectivity index (χ3v) is 6.77. The van der Waals surface area contributed by atoms with Crippen LogP contribution in [-0.4, -0.2) is 42.6 Å². The standard InChI is InChI=1S/C21H31NO3.ClH/c1-22(16-17-5-2-3-6-17)20(18-7-4-8-19(23)15-18)9-11-21(12-10-20)24-13-14-25-21;/h4,7-8,15,17,23H,2-3,5-6,9-14,16H2,1H3;1H. The Morgan fingerprint density at radius 2 is 1.73 bits per heavy atom. The number of ether oxygens (including phenoxy) is 2. The molecule has 1 spiro atoms. The van der Waals surface area contributed by atoms with Crippen LogP contribution in [0.15, 0.2) is 24.3 Å². The molecular formula is C21H32ClNO3. The van der Waals surface area contributed by atoms with Gasteiger partial charge in [-0.05, 0) is 56.3 Å². The molecule has 1 aliphatic heterocycles. The second-order valence-corrected chi connectivity index (χ2v) is 8.22. The molecule has 26 heavy (non-hydrogen) atoms. The van der Waals surface area contributed by atoms with Gasteiger partial charge in [-0.3, -0.25) is 4.90 Å². The Morgan fingerprint density at radius 3 is 2.35 bits per heavy atom. The van der Waals surface area contributed by atoms with E-state index in [2.05, 4.69) is 18.0 Å². The van der Waals surface area contributed by atoms with E-state index in [1.54, 1.807) is 6.07 Å². The maximum absolute atomic E-state index is 10.1. The van der Waals surface area contributed by atoms with Gasteiger partial charge in [0.25, 0.3) is 0 Å². The van der Waals surface area contributed by atoms with E-state index in [9.17, 15) is 5.11 Å². The fourth-order valence-electron chi connectivity index (χ4n) is 5.27. The summed E-state index contributed by atoms with van der Waals surface area (Å²) in [6.45, 7) is 2.58. The molecule has 1 aromatic rings. The van der Waals surface area contributed by atoms with Gasteiger partial charge in [0.05, 0.1) is 13.2 Å². The van der Waals surface area contributed by atoms with Gasteiger partial charge in [-0.1, -0.05) is 25.0 Å². The molecule has 1 saturated heterocycles. The number of aromatic hydroxyl groups is 1. The average Bonchev–Trinajstić information content (AvgIpc) is 3.28. The van der Waals surface area contributed by atoms with Gasteiger partial charge in [-0.2, -0.15) is 0 Å². The topological polar surface area (TPSA) is 41.9 Å². The maximum atomic E-state index is 10.1. The van der Waals surface area contributed by atoms with Crippen molar-refractivity contribution in [2.45, 2.75) is 62.7 Å². The van der Waals surface area contributed by atoms with Crippen molar-refractivity contribution in [2.75, 3.05) is 26.8 Å². The van der Waals surface area contributed by atoms with Crippen LogP contribution >= 0.6 is 12.4 Å². The second-order valence-electron chi connectivity index (χ2n) is 8.22. The first-order valence-electron chi connectivity index (χ1n) is 9.91. The van der Waals surface area contributed by atoms with Crippen molar-refractivity contribution in [2.24, 2.45) is 5.92 Å². The molecule has 4 nitrogen and oxygen atoms in total. The van der Waals surface area contributed by atoms with E-state index < -0.39 is 0 Å². The average molecular weight is 382 g/mol. The van der Waals surface area contributed by atoms with Crippen LogP contribution in [-0.2, 0) is 15.0 Å². The number of phenols is 1. The van der Waals surface area contributed by atoms with Crippen LogP contribution in [0.5, 0.6) is 5.75 Å². The van der Waals surface area contributed by atoms with Gasteiger partial charge in [0.1, 0.15) is 5.75 Å². The minimum atomic E-state index is -0.353. The zero-order chi connectivity index (χ0) is 17.3. The lowest BCUT2D eigenvalue weighted by molar-refractivity contribution is -0.195. The number of phenolic OH excluding ortho intramolecular Hbond substituents is 1. The second kappa shape index (κ2) is 8.05. The van der Waals surface area contributed by atoms with Gasteiger partial charge in [0, 0.05) is 24.9 Å². The molecular weight excluding hydrogens is 350 g/mol. The summed E-state index contributed by atoms with van der Waals surface area (Å²) < 4.78 is 11.9. The number of nitrogens with zero attached hydrogens (tertiary/aromatic N) is 1. The summed E-state index contributed by atoms with van der Waals surface area (Å²) in [5, 5.41) is 10.1. The van der Waals surface area contributed by atoms with Crippen LogP contribution in [0, 0.1) is 5.92 Å². The first kappa shape index (κ1) is 19.9. The molecule has 3 aliphatic rings. The molecule has 2 aliphatic carbocycles. The smallest absolute Gasteiger partial charge is 0.168 e. The maximum Gasteiger partial charge on any atom is 0.168 e. The van der Waals surface area contributed by atoms with E-state index in [1.807, 2.05) is 12.1 Å². The third kappa shape index (κ3) is 3.75. The molecule has 3 fully saturated rings. The minimum absolute atomic E-state index is 0. The Bertz CT molecular complexity index is 587. The number of hydrogen-bond donors (Lipinski definition) is 1. The van der Waals surface area contributed by atoms with Gasteiger partial charge in [0.15, 0.2) is 5.79 Å². The zero-order valence-electron chi connectivity index (χ0n) is 15.8. The van der Waals surface area contributed by atoms with Crippen LogP contribution < -0.4 is 0 Å². The van der Waals surface area contributed by atoms with Crippen molar-refractivity contribution in [3.05, 3.63) is 29.8 Å². The van der Waals surface area contributed by atoms with E-state index in [-0.39, 0.29) is 23.7 Å². The largest absolute Gasteiger partial charge is 0.508 e. The van der Waals surface area contributed by atoms with Crippen molar-refractivity contribution in [3.8, 4) is 5.75 Å². The van der Waals surface area contributed by atoms with Crippen molar-refractivity contribution in [1.29, 1.82) is 0 Å². The molecule has 1 heterocycles. The van der Waals surface area contributed by atoms with E-state index in [0.717, 1.165) is 51.4 Å². The molecule has 0 aromatic heterocycles. The molecule has 1 aromatic carbocycles. The van der Waals surface area contributed by atoms with Crippen LogP contribution in [0.2, 0.25) is 0 Å². The van der Waals surface area contributed by atoms with Gasteiger partial charge >= 0.3 is 0 Å². The molecule has 0 amide bonds. The Morgan fingerprint density at radius 1 is 1.08 bits per heavy atom. The highest BCUT2D eigenvalue weighted by Gasteiger charge is 2.49. The highest BCUT2D eigenvalue weighted by atomic mass is 35.5. The lowest BCUT2D eigenvalue weighted by atomic mass is 9.73. The highest BCUT2D eigenvalue weighted by Crippen LogP contribution is 2.48. The summed E-state index contributed by atoms with van der Waals surface area (Å²) in [7, 11) is 2.27. The third-order valence-electron chi connectivity index (χ3n) is 6.77. The molecule has 0 atom stereocenters. The molecule has 146 valence electrons. The molecule has 0 bridgehead atoms. The first-order chi connectivity index (χ1) is 12.1. The minimum Gasteiger partial charge on any atom is -0.508 e. The summed E-state index contributed by atoms with van der Waals surface area (Å²) >= 11 is 0. The number of rotatable bonds is 4. The van der Waals surface area contributed by atoms with E-state index in [4.69, 9.17) is 9.47 Å². The number of halogens is 1. The van der Waals surface area contributed by atoms with Crippen molar-refractivity contribution in [3.63, 3.8) is 0 Å². The summed E-state index contributed by atoms with van der Waals surface area (Å²) in [5.74, 6) is 0.822. The predicted molar refractivity (Wildman–Crippen MR) is 105 cm³/mol. The molecule has 0 radical (unpaired) electrons. The summed E-state index contributed by atoms with van der Waals surface area (Å²) in [5.41, 5.74) is 1.21. The van der Waals surface area contributed by atoms with Crippen molar-refractivity contribution < 1.29 is 14.6 Å². The van der Waals surface area contributed by atoms with Gasteiger partial charge in [-0.15, -0.1) is 12.4 Å². The summed E-state index contributed by atoms with van der Waals surface area (Å²) in [6, 6.07) is 7.88. The van der Waals surface area contributed by atoms with Crippen LogP contribution in [0.25, 0.3) is 0 Å². The summed E-state index contributed by atoms with van der Waals surface area (Å²) in [4.78, 5) is 2.57. The van der Waals surface area contributed by atoms with Crippen LogP contribution in [0.4, 0.5) is 0 Å². The zero-order valence-corrected chi connectivity index (χ0v) is 16.6. The molecule has 4 rings (SSSR count). The number of benzene rings is 1. The Hall–Kier alpha value is -0.810. The monoisotopic (exact) mass is 381 g/mol. The van der Waals surface area contributed by atoms with E-state index in [1.165, 1.54) is 31.2 Å². The highest BCUT2D eigenvalue weighted by molar-refractivity contribution is 5.85. The van der Waals surface area contributed by atoms with Crippen molar-refractivity contribution in [1.82, 2.24) is 4.90 Å². The van der Waals surface area contributed by atoms with Crippen LogP contribution in [0.1, 0.15) is 56.9 Å². The Balaban J connectivity index is 0.00000196. The van der Waals surface area contributed by atoms with E-state index in [0.29, 0.717) is 5.75 Å². The Labute approximate surface area is 163 Å². The lowest BCUT2D eigenvalue weighted by Crippen LogP contribution is -2.51. The Kier molecular flexibility index (Phi) is 6.18. The predicted octanol–water partition coefficient (Wildman–Crippen LogP) is 4.45. The summed E-state index contributed by atoms with van der Waals surface area (Å²) in [6.07, 6.45) is 9.35. The fraction of sp³-hybridized carbons (Fsp3) is 0.714. The van der Waals surface area contributed by atoms with Crippen molar-refractivity contribution >= 4 is 12.4 Å². The molecule has 0 unspecified atom stereocenters.